The highest BCUT2D eigenvalue weighted by Crippen LogP contribution is 2.28. The van der Waals surface area contributed by atoms with Gasteiger partial charge in [-0.2, -0.15) is 5.26 Å². The van der Waals surface area contributed by atoms with E-state index in [-0.39, 0.29) is 18.0 Å². The molecule has 6 nitrogen and oxygen atoms in total. The second-order valence-electron chi connectivity index (χ2n) is 4.89. The van der Waals surface area contributed by atoms with Crippen molar-refractivity contribution in [1.29, 1.82) is 5.26 Å². The first-order valence-corrected chi connectivity index (χ1v) is 7.17. The van der Waals surface area contributed by atoms with Gasteiger partial charge in [-0.1, -0.05) is 0 Å². The van der Waals surface area contributed by atoms with Crippen LogP contribution in [0.1, 0.15) is 5.56 Å². The third-order valence-electron chi connectivity index (χ3n) is 3.02. The fourth-order valence-corrected chi connectivity index (χ4v) is 1.94. The molecule has 0 unspecified atom stereocenters. The summed E-state index contributed by atoms with van der Waals surface area (Å²) in [6.45, 7) is -0.358. The number of ether oxygens (including phenoxy) is 3. The van der Waals surface area contributed by atoms with Crippen molar-refractivity contribution in [3.8, 4) is 23.3 Å². The number of hydrogen-bond donors (Lipinski definition) is 1. The van der Waals surface area contributed by atoms with Crippen LogP contribution in [-0.2, 0) is 4.79 Å². The molecular formula is C17H13F3N2O4. The summed E-state index contributed by atoms with van der Waals surface area (Å²) < 4.78 is 50.4. The maximum Gasteiger partial charge on any atom is 0.573 e. The van der Waals surface area contributed by atoms with Crippen LogP contribution < -0.4 is 19.5 Å². The highest BCUT2D eigenvalue weighted by Gasteiger charge is 2.30. The predicted octanol–water partition coefficient (Wildman–Crippen LogP) is 3.48. The minimum absolute atomic E-state index is 0.274. The van der Waals surface area contributed by atoms with Gasteiger partial charge in [-0.15, -0.1) is 13.2 Å². The Morgan fingerprint density at radius 2 is 1.85 bits per heavy atom. The summed E-state index contributed by atoms with van der Waals surface area (Å²) in [5, 5.41) is 11.3. The summed E-state index contributed by atoms with van der Waals surface area (Å²) in [6, 6.07) is 11.1. The fourth-order valence-electron chi connectivity index (χ4n) is 1.94. The van der Waals surface area contributed by atoms with E-state index in [9.17, 15) is 18.0 Å². The molecule has 0 heterocycles. The molecule has 0 radical (unpaired) electrons. The number of nitriles is 1. The molecule has 0 fully saturated rings. The average Bonchev–Trinajstić information content (AvgIpc) is 2.60. The molecule has 9 heteroatoms. The molecule has 0 aliphatic rings. The number of nitrogens with one attached hydrogen (secondary N) is 1. The number of alkyl halides is 3. The maximum absolute atomic E-state index is 12.1. The molecule has 26 heavy (non-hydrogen) atoms. The van der Waals surface area contributed by atoms with Gasteiger partial charge in [0.25, 0.3) is 5.91 Å². The van der Waals surface area contributed by atoms with Gasteiger partial charge in [0, 0.05) is 11.8 Å². The number of methoxy groups -OCH3 is 1. The van der Waals surface area contributed by atoms with Crippen molar-refractivity contribution < 1.29 is 32.2 Å². The molecule has 0 spiro atoms. The van der Waals surface area contributed by atoms with Gasteiger partial charge < -0.3 is 19.5 Å². The normalized spacial score (nSPS) is 10.6. The number of rotatable bonds is 6. The highest BCUT2D eigenvalue weighted by molar-refractivity contribution is 5.91. The SMILES string of the molecule is COc1cc(C#N)ccc1OCC(=O)Nc1ccc(OC(F)(F)F)cc1. The van der Waals surface area contributed by atoms with E-state index < -0.39 is 18.0 Å². The molecule has 0 atom stereocenters. The summed E-state index contributed by atoms with van der Waals surface area (Å²) in [5.41, 5.74) is 0.653. The Balaban J connectivity index is 1.92. The van der Waals surface area contributed by atoms with Gasteiger partial charge in [0.1, 0.15) is 5.75 Å². The Morgan fingerprint density at radius 1 is 1.15 bits per heavy atom. The Bertz CT molecular complexity index is 814. The van der Waals surface area contributed by atoms with Gasteiger partial charge in [-0.3, -0.25) is 4.79 Å². The van der Waals surface area contributed by atoms with E-state index in [0.717, 1.165) is 12.1 Å². The molecular weight excluding hydrogens is 353 g/mol. The lowest BCUT2D eigenvalue weighted by Gasteiger charge is -2.12. The standard InChI is InChI=1S/C17H13F3N2O4/c1-24-15-8-11(9-21)2-7-14(15)25-10-16(23)22-12-3-5-13(6-4-12)26-17(18,19)20/h2-8H,10H2,1H3,(H,22,23). The van der Waals surface area contributed by atoms with E-state index in [2.05, 4.69) is 10.1 Å². The van der Waals surface area contributed by atoms with Gasteiger partial charge in [0.05, 0.1) is 18.7 Å². The van der Waals surface area contributed by atoms with Gasteiger partial charge in [-0.25, -0.2) is 0 Å². The lowest BCUT2D eigenvalue weighted by Crippen LogP contribution is -2.20. The summed E-state index contributed by atoms with van der Waals surface area (Å²) in [6.07, 6.45) is -4.78. The molecule has 0 aliphatic carbocycles. The van der Waals surface area contributed by atoms with Crippen molar-refractivity contribution in [2.24, 2.45) is 0 Å². The fraction of sp³-hybridized carbons (Fsp3) is 0.176. The molecule has 2 aromatic carbocycles. The minimum atomic E-state index is -4.78. The summed E-state index contributed by atoms with van der Waals surface area (Å²) in [4.78, 5) is 11.9. The van der Waals surface area contributed by atoms with Gasteiger partial charge in [-0.05, 0) is 36.4 Å². The Kier molecular flexibility index (Phi) is 5.90. The maximum atomic E-state index is 12.1. The average molecular weight is 366 g/mol. The predicted molar refractivity (Wildman–Crippen MR) is 85.0 cm³/mol. The number of nitrogens with zero attached hydrogens (tertiary/aromatic N) is 1. The second-order valence-corrected chi connectivity index (χ2v) is 4.89. The number of hydrogen-bond acceptors (Lipinski definition) is 5. The second kappa shape index (κ2) is 8.11. The molecule has 0 saturated carbocycles. The Morgan fingerprint density at radius 3 is 2.42 bits per heavy atom. The van der Waals surface area contributed by atoms with Crippen LogP contribution in [0.15, 0.2) is 42.5 Å². The van der Waals surface area contributed by atoms with E-state index in [1.54, 1.807) is 0 Å². The topological polar surface area (TPSA) is 80.6 Å². The summed E-state index contributed by atoms with van der Waals surface area (Å²) >= 11 is 0. The molecule has 0 saturated heterocycles. The van der Waals surface area contributed by atoms with E-state index in [1.165, 1.54) is 37.4 Å². The number of halogens is 3. The summed E-state index contributed by atoms with van der Waals surface area (Å²) in [7, 11) is 1.40. The third kappa shape index (κ3) is 5.59. The van der Waals surface area contributed by atoms with Crippen LogP contribution in [0.5, 0.6) is 17.2 Å². The molecule has 0 bridgehead atoms. The van der Waals surface area contributed by atoms with Crippen LogP contribution in [0.3, 0.4) is 0 Å². The zero-order valence-electron chi connectivity index (χ0n) is 13.5. The lowest BCUT2D eigenvalue weighted by molar-refractivity contribution is -0.274. The molecule has 136 valence electrons. The molecule has 1 amide bonds. The van der Waals surface area contributed by atoms with Gasteiger partial charge in [0.2, 0.25) is 0 Å². The first-order chi connectivity index (χ1) is 12.3. The van der Waals surface area contributed by atoms with Crippen molar-refractivity contribution in [2.45, 2.75) is 6.36 Å². The zero-order chi connectivity index (χ0) is 19.2. The smallest absolute Gasteiger partial charge is 0.493 e. The molecule has 0 aliphatic heterocycles. The first-order valence-electron chi connectivity index (χ1n) is 7.17. The van der Waals surface area contributed by atoms with Gasteiger partial charge >= 0.3 is 6.36 Å². The third-order valence-corrected chi connectivity index (χ3v) is 3.02. The lowest BCUT2D eigenvalue weighted by atomic mass is 10.2. The molecule has 1 N–H and O–H groups in total. The van der Waals surface area contributed by atoms with Crippen LogP contribution in [-0.4, -0.2) is 26.0 Å². The minimum Gasteiger partial charge on any atom is -0.493 e. The van der Waals surface area contributed by atoms with Gasteiger partial charge in [0.15, 0.2) is 18.1 Å². The van der Waals surface area contributed by atoms with Crippen LogP contribution >= 0.6 is 0 Å². The van der Waals surface area contributed by atoms with E-state index >= 15 is 0 Å². The van der Waals surface area contributed by atoms with Crippen molar-refractivity contribution in [3.63, 3.8) is 0 Å². The number of anilines is 1. The quantitative estimate of drug-likeness (QED) is 0.847. The number of carbonyl (C=O) groups is 1. The zero-order valence-corrected chi connectivity index (χ0v) is 13.5. The number of amides is 1. The highest BCUT2D eigenvalue weighted by atomic mass is 19.4. The molecule has 0 aromatic heterocycles. The Hall–Kier alpha value is -3.41. The van der Waals surface area contributed by atoms with Crippen molar-refractivity contribution in [1.82, 2.24) is 0 Å². The Labute approximate surface area is 146 Å². The van der Waals surface area contributed by atoms with Crippen LogP contribution in [0.4, 0.5) is 18.9 Å². The number of carbonyl (C=O) groups excluding carboxylic acids is 1. The first kappa shape index (κ1) is 18.9. The van der Waals surface area contributed by atoms with Crippen LogP contribution in [0.2, 0.25) is 0 Å². The summed E-state index contributed by atoms with van der Waals surface area (Å²) in [5.74, 6) is -0.351. The monoisotopic (exact) mass is 366 g/mol. The molecule has 2 aromatic rings. The van der Waals surface area contributed by atoms with Crippen LogP contribution in [0.25, 0.3) is 0 Å². The van der Waals surface area contributed by atoms with E-state index in [4.69, 9.17) is 14.7 Å². The largest absolute Gasteiger partial charge is 0.573 e. The van der Waals surface area contributed by atoms with E-state index in [1.807, 2.05) is 6.07 Å². The number of benzene rings is 2. The van der Waals surface area contributed by atoms with E-state index in [0.29, 0.717) is 11.3 Å². The van der Waals surface area contributed by atoms with Crippen molar-refractivity contribution in [2.75, 3.05) is 19.0 Å². The van der Waals surface area contributed by atoms with Crippen LogP contribution in [0, 0.1) is 11.3 Å². The molecule has 2 rings (SSSR count). The van der Waals surface area contributed by atoms with Crippen molar-refractivity contribution in [3.05, 3.63) is 48.0 Å². The van der Waals surface area contributed by atoms with Crippen molar-refractivity contribution >= 4 is 11.6 Å².